The minimum Gasteiger partial charge on any atom is -0.352 e. The summed E-state index contributed by atoms with van der Waals surface area (Å²) in [6.07, 6.45) is -3.66. The van der Waals surface area contributed by atoms with Gasteiger partial charge in [0.2, 0.25) is 15.9 Å². The van der Waals surface area contributed by atoms with Gasteiger partial charge in [-0.3, -0.25) is 9.59 Å². The number of amides is 2. The summed E-state index contributed by atoms with van der Waals surface area (Å²) in [5.41, 5.74) is 0.952. The topological polar surface area (TPSA) is 95.6 Å². The molecule has 3 rings (SSSR count). The lowest BCUT2D eigenvalue weighted by Crippen LogP contribution is -2.32. The molecule has 1 aliphatic heterocycles. The van der Waals surface area contributed by atoms with Crippen molar-refractivity contribution < 1.29 is 31.2 Å². The molecule has 0 bridgehead atoms. The summed E-state index contributed by atoms with van der Waals surface area (Å²) in [6, 6.07) is 11.2. The molecule has 188 valence electrons. The fourth-order valence-corrected chi connectivity index (χ4v) is 4.27. The summed E-state index contributed by atoms with van der Waals surface area (Å²) in [7, 11) is -3.50. The van der Waals surface area contributed by atoms with Crippen molar-refractivity contribution in [2.75, 3.05) is 19.6 Å². The Labute approximate surface area is 202 Å². The van der Waals surface area contributed by atoms with E-state index in [-0.39, 0.29) is 37.2 Å². The number of halogens is 3. The van der Waals surface area contributed by atoms with E-state index in [4.69, 9.17) is 0 Å². The maximum absolute atomic E-state index is 12.8. The Hall–Kier alpha value is -3.18. The summed E-state index contributed by atoms with van der Waals surface area (Å²) in [5.74, 6) is -0.452. The summed E-state index contributed by atoms with van der Waals surface area (Å²) >= 11 is 0. The molecule has 7 nitrogen and oxygen atoms in total. The predicted octanol–water partition coefficient (Wildman–Crippen LogP) is 3.09. The van der Waals surface area contributed by atoms with Crippen LogP contribution in [0.5, 0.6) is 0 Å². The molecule has 2 N–H and O–H groups in total. The van der Waals surface area contributed by atoms with Gasteiger partial charge in [0.05, 0.1) is 12.0 Å². The smallest absolute Gasteiger partial charge is 0.352 e. The molecule has 11 heteroatoms. The van der Waals surface area contributed by atoms with Gasteiger partial charge in [-0.05, 0) is 47.7 Å². The molecule has 2 aromatic rings. The Kier molecular flexibility index (Phi) is 8.34. The number of hydrogen-bond acceptors (Lipinski definition) is 4. The maximum atomic E-state index is 12.8. The first-order chi connectivity index (χ1) is 16.5. The highest BCUT2D eigenvalue weighted by molar-refractivity contribution is 7.92. The van der Waals surface area contributed by atoms with Crippen LogP contribution >= 0.6 is 0 Å². The standard InChI is InChI=1S/C24H26F3N3O4S/c1-2-35(33,34)29-15-19-11-12-30(16-19)23(32)20-7-3-17(4-8-20)13-22(31)28-14-18-5-9-21(10-6-18)24(25,26)27/h2-10,19,29H,1,11-16H2,(H,28,31)/t19-/m1/s1. The highest BCUT2D eigenvalue weighted by Crippen LogP contribution is 2.29. The van der Waals surface area contributed by atoms with E-state index >= 15 is 0 Å². The normalized spacial score (nSPS) is 16.2. The average molecular weight is 510 g/mol. The first-order valence-electron chi connectivity index (χ1n) is 10.9. The van der Waals surface area contributed by atoms with Gasteiger partial charge in [0.1, 0.15) is 0 Å². The van der Waals surface area contributed by atoms with E-state index in [1.807, 2.05) is 0 Å². The van der Waals surface area contributed by atoms with Crippen molar-refractivity contribution >= 4 is 21.8 Å². The lowest BCUT2D eigenvalue weighted by atomic mass is 10.1. The molecule has 1 aliphatic rings. The van der Waals surface area contributed by atoms with Crippen LogP contribution in [0.2, 0.25) is 0 Å². The molecule has 0 aliphatic carbocycles. The number of benzene rings is 2. The van der Waals surface area contributed by atoms with Crippen LogP contribution in [0, 0.1) is 5.92 Å². The van der Waals surface area contributed by atoms with Crippen molar-refractivity contribution in [2.24, 2.45) is 5.92 Å². The molecule has 2 amide bonds. The number of nitrogens with one attached hydrogen (secondary N) is 2. The molecule has 0 aromatic heterocycles. The van der Waals surface area contributed by atoms with Crippen LogP contribution in [0.4, 0.5) is 13.2 Å². The highest BCUT2D eigenvalue weighted by Gasteiger charge is 2.30. The Morgan fingerprint density at radius 1 is 1.06 bits per heavy atom. The van der Waals surface area contributed by atoms with E-state index in [2.05, 4.69) is 16.6 Å². The molecule has 35 heavy (non-hydrogen) atoms. The number of rotatable bonds is 9. The Morgan fingerprint density at radius 2 is 1.69 bits per heavy atom. The fourth-order valence-electron chi connectivity index (χ4n) is 3.68. The highest BCUT2D eigenvalue weighted by atomic mass is 32.2. The van der Waals surface area contributed by atoms with Gasteiger partial charge in [-0.25, -0.2) is 13.1 Å². The van der Waals surface area contributed by atoms with E-state index < -0.39 is 21.8 Å². The van der Waals surface area contributed by atoms with E-state index in [1.165, 1.54) is 12.1 Å². The average Bonchev–Trinajstić information content (AvgIpc) is 3.30. The number of alkyl halides is 3. The summed E-state index contributed by atoms with van der Waals surface area (Å²) in [5, 5.41) is 3.52. The van der Waals surface area contributed by atoms with Crippen molar-refractivity contribution in [1.29, 1.82) is 0 Å². The van der Waals surface area contributed by atoms with Gasteiger partial charge in [0, 0.05) is 37.2 Å². The number of likely N-dealkylation sites (tertiary alicyclic amines) is 1. The third kappa shape index (κ3) is 7.66. The predicted molar refractivity (Wildman–Crippen MR) is 125 cm³/mol. The monoisotopic (exact) mass is 509 g/mol. The molecule has 0 radical (unpaired) electrons. The van der Waals surface area contributed by atoms with Gasteiger partial charge in [-0.2, -0.15) is 13.2 Å². The van der Waals surface area contributed by atoms with Crippen LogP contribution in [-0.4, -0.2) is 44.8 Å². The quantitative estimate of drug-likeness (QED) is 0.543. The summed E-state index contributed by atoms with van der Waals surface area (Å²) in [6.45, 7) is 4.54. The van der Waals surface area contributed by atoms with Crippen LogP contribution in [0.1, 0.15) is 33.5 Å². The Balaban J connectivity index is 1.46. The van der Waals surface area contributed by atoms with Crippen molar-refractivity contribution in [3.8, 4) is 0 Å². The van der Waals surface area contributed by atoms with E-state index in [1.54, 1.807) is 29.2 Å². The van der Waals surface area contributed by atoms with Crippen molar-refractivity contribution in [1.82, 2.24) is 14.9 Å². The lowest BCUT2D eigenvalue weighted by molar-refractivity contribution is -0.137. The number of carbonyl (C=O) groups is 2. The number of nitrogens with zero attached hydrogens (tertiary/aromatic N) is 1. The van der Waals surface area contributed by atoms with Gasteiger partial charge in [0.25, 0.3) is 5.91 Å². The van der Waals surface area contributed by atoms with Gasteiger partial charge < -0.3 is 10.2 Å². The maximum Gasteiger partial charge on any atom is 0.416 e. The summed E-state index contributed by atoms with van der Waals surface area (Å²) < 4.78 is 63.3. The Morgan fingerprint density at radius 3 is 2.29 bits per heavy atom. The molecular weight excluding hydrogens is 483 g/mol. The Bertz CT molecular complexity index is 1160. The second kappa shape index (κ2) is 11.0. The second-order valence-corrected chi connectivity index (χ2v) is 10.0. The first kappa shape index (κ1) is 26.4. The minimum atomic E-state index is -4.41. The number of sulfonamides is 1. The largest absolute Gasteiger partial charge is 0.416 e. The molecule has 1 fully saturated rings. The fraction of sp³-hybridized carbons (Fsp3) is 0.333. The van der Waals surface area contributed by atoms with Crippen LogP contribution in [0.15, 0.2) is 60.5 Å². The minimum absolute atomic E-state index is 0.0151. The molecule has 1 atom stereocenters. The SMILES string of the molecule is C=CS(=O)(=O)NC[C@H]1CCN(C(=O)c2ccc(CC(=O)NCc3ccc(C(F)(F)F)cc3)cc2)C1. The van der Waals surface area contributed by atoms with Crippen LogP contribution in [0.3, 0.4) is 0 Å². The zero-order valence-electron chi connectivity index (χ0n) is 18.8. The van der Waals surface area contributed by atoms with Gasteiger partial charge >= 0.3 is 6.18 Å². The van der Waals surface area contributed by atoms with Gasteiger partial charge in [-0.15, -0.1) is 0 Å². The summed E-state index contributed by atoms with van der Waals surface area (Å²) in [4.78, 5) is 26.6. The first-order valence-corrected chi connectivity index (χ1v) is 12.4. The number of hydrogen-bond donors (Lipinski definition) is 2. The van der Waals surface area contributed by atoms with Crippen LogP contribution < -0.4 is 10.0 Å². The number of carbonyl (C=O) groups excluding carboxylic acids is 2. The van der Waals surface area contributed by atoms with E-state index in [9.17, 15) is 31.2 Å². The van der Waals surface area contributed by atoms with Crippen LogP contribution in [0.25, 0.3) is 0 Å². The molecule has 0 saturated carbocycles. The van der Waals surface area contributed by atoms with Crippen molar-refractivity contribution in [2.45, 2.75) is 25.6 Å². The van der Waals surface area contributed by atoms with Crippen LogP contribution in [-0.2, 0) is 34.0 Å². The third-order valence-electron chi connectivity index (χ3n) is 5.70. The molecular formula is C24H26F3N3O4S. The van der Waals surface area contributed by atoms with Gasteiger partial charge in [0.15, 0.2) is 0 Å². The van der Waals surface area contributed by atoms with E-state index in [0.29, 0.717) is 36.2 Å². The molecule has 0 spiro atoms. The van der Waals surface area contributed by atoms with Crippen molar-refractivity contribution in [3.63, 3.8) is 0 Å². The van der Waals surface area contributed by atoms with E-state index in [0.717, 1.165) is 17.5 Å². The second-order valence-electron chi connectivity index (χ2n) is 8.31. The zero-order valence-corrected chi connectivity index (χ0v) is 19.7. The third-order valence-corrected chi connectivity index (χ3v) is 6.71. The molecule has 1 heterocycles. The lowest BCUT2D eigenvalue weighted by Gasteiger charge is -2.17. The molecule has 1 saturated heterocycles. The van der Waals surface area contributed by atoms with Crippen molar-refractivity contribution in [3.05, 3.63) is 82.8 Å². The van der Waals surface area contributed by atoms with Gasteiger partial charge in [-0.1, -0.05) is 30.8 Å². The molecule has 0 unspecified atom stereocenters. The molecule has 2 aromatic carbocycles. The zero-order chi connectivity index (χ0) is 25.6.